The van der Waals surface area contributed by atoms with E-state index in [1.807, 2.05) is 9.80 Å². The third-order valence-corrected chi connectivity index (χ3v) is 5.31. The number of carbonyl (C=O) groups is 2. The van der Waals surface area contributed by atoms with E-state index in [0.29, 0.717) is 12.1 Å². The van der Waals surface area contributed by atoms with Gasteiger partial charge in [-0.25, -0.2) is 0 Å². The number of benzene rings is 1. The second kappa shape index (κ2) is 6.93. The lowest BCUT2D eigenvalue weighted by Crippen LogP contribution is -2.61. The van der Waals surface area contributed by atoms with Crippen molar-refractivity contribution in [3.8, 4) is 0 Å². The van der Waals surface area contributed by atoms with E-state index >= 15 is 0 Å². The molecule has 0 radical (unpaired) electrons. The summed E-state index contributed by atoms with van der Waals surface area (Å²) in [5.74, 6) is 0.0668. The summed E-state index contributed by atoms with van der Waals surface area (Å²) < 4.78 is 0. The number of aliphatic hydroxyl groups is 1. The van der Waals surface area contributed by atoms with Crippen molar-refractivity contribution in [3.05, 3.63) is 35.4 Å². The van der Waals surface area contributed by atoms with Crippen molar-refractivity contribution in [3.63, 3.8) is 0 Å². The minimum absolute atomic E-state index is 0.0351. The van der Waals surface area contributed by atoms with Gasteiger partial charge in [0.1, 0.15) is 5.54 Å². The van der Waals surface area contributed by atoms with Crippen LogP contribution >= 0.6 is 0 Å². The molecule has 24 heavy (non-hydrogen) atoms. The first kappa shape index (κ1) is 17.0. The monoisotopic (exact) mass is 330 g/mol. The zero-order valence-electron chi connectivity index (χ0n) is 14.3. The number of hydrogen-bond acceptors (Lipinski definition) is 3. The molecule has 130 valence electrons. The average molecular weight is 330 g/mol. The average Bonchev–Trinajstić information content (AvgIpc) is 3.03. The number of amides is 2. The Morgan fingerprint density at radius 3 is 2.46 bits per heavy atom. The van der Waals surface area contributed by atoms with Crippen LogP contribution in [0.2, 0.25) is 0 Å². The Balaban J connectivity index is 1.86. The van der Waals surface area contributed by atoms with Crippen LogP contribution in [0.3, 0.4) is 0 Å². The molecule has 1 spiro atoms. The van der Waals surface area contributed by atoms with Gasteiger partial charge >= 0.3 is 0 Å². The van der Waals surface area contributed by atoms with E-state index in [-0.39, 0.29) is 18.4 Å². The molecule has 5 nitrogen and oxygen atoms in total. The van der Waals surface area contributed by atoms with Gasteiger partial charge in [-0.2, -0.15) is 0 Å². The predicted molar refractivity (Wildman–Crippen MR) is 91.5 cm³/mol. The third kappa shape index (κ3) is 2.81. The number of nitrogens with zero attached hydrogens (tertiary/aromatic N) is 2. The number of rotatable bonds is 4. The largest absolute Gasteiger partial charge is 0.392 e. The summed E-state index contributed by atoms with van der Waals surface area (Å²) in [6.45, 7) is 4.27. The number of carbonyl (C=O) groups excluding carboxylic acids is 2. The molecule has 1 atom stereocenters. The lowest BCUT2D eigenvalue weighted by molar-refractivity contribution is -0.145. The SMILES string of the molecule is CCCN1CCCC2(CCCN2C(=O)c2ccc(CO)cc2)C1=O. The summed E-state index contributed by atoms with van der Waals surface area (Å²) in [7, 11) is 0. The fraction of sp³-hybridized carbons (Fsp3) is 0.579. The van der Waals surface area contributed by atoms with Gasteiger partial charge in [0, 0.05) is 25.2 Å². The molecule has 5 heteroatoms. The molecule has 2 aliphatic heterocycles. The quantitative estimate of drug-likeness (QED) is 0.920. The van der Waals surface area contributed by atoms with Crippen LogP contribution in [0.4, 0.5) is 0 Å². The van der Waals surface area contributed by atoms with Crippen LogP contribution in [-0.4, -0.2) is 51.9 Å². The zero-order chi connectivity index (χ0) is 17.2. The molecule has 1 unspecified atom stereocenters. The van der Waals surface area contributed by atoms with Gasteiger partial charge in [-0.3, -0.25) is 9.59 Å². The van der Waals surface area contributed by atoms with Gasteiger partial charge in [0.05, 0.1) is 6.61 Å². The van der Waals surface area contributed by atoms with E-state index < -0.39 is 5.54 Å². The summed E-state index contributed by atoms with van der Waals surface area (Å²) in [5.41, 5.74) is 0.736. The maximum absolute atomic E-state index is 13.1. The van der Waals surface area contributed by atoms with Crippen LogP contribution in [0.25, 0.3) is 0 Å². The molecule has 1 aromatic carbocycles. The Morgan fingerprint density at radius 2 is 1.83 bits per heavy atom. The highest BCUT2D eigenvalue weighted by atomic mass is 16.3. The fourth-order valence-corrected chi connectivity index (χ4v) is 4.11. The van der Waals surface area contributed by atoms with Crippen molar-refractivity contribution in [2.45, 2.75) is 51.2 Å². The Morgan fingerprint density at radius 1 is 1.17 bits per heavy atom. The van der Waals surface area contributed by atoms with E-state index in [4.69, 9.17) is 5.11 Å². The van der Waals surface area contributed by atoms with Gasteiger partial charge in [0.15, 0.2) is 0 Å². The molecule has 0 aliphatic carbocycles. The normalized spacial score (nSPS) is 24.0. The predicted octanol–water partition coefficient (Wildman–Crippen LogP) is 2.19. The summed E-state index contributed by atoms with van der Waals surface area (Å²) in [4.78, 5) is 29.9. The van der Waals surface area contributed by atoms with Gasteiger partial charge in [0.25, 0.3) is 5.91 Å². The van der Waals surface area contributed by atoms with Gasteiger partial charge in [-0.05, 0) is 49.8 Å². The van der Waals surface area contributed by atoms with Crippen molar-refractivity contribution < 1.29 is 14.7 Å². The first-order valence-electron chi connectivity index (χ1n) is 8.93. The lowest BCUT2D eigenvalue weighted by atomic mass is 9.85. The molecule has 2 saturated heterocycles. The van der Waals surface area contributed by atoms with Crippen molar-refractivity contribution in [1.82, 2.24) is 9.80 Å². The molecule has 3 rings (SSSR count). The molecule has 2 amide bonds. The molecule has 2 aliphatic rings. The first-order valence-corrected chi connectivity index (χ1v) is 8.93. The van der Waals surface area contributed by atoms with Crippen LogP contribution in [0.5, 0.6) is 0 Å². The molecule has 0 saturated carbocycles. The number of piperidine rings is 1. The van der Waals surface area contributed by atoms with Crippen LogP contribution in [0.15, 0.2) is 24.3 Å². The maximum atomic E-state index is 13.1. The summed E-state index contributed by atoms with van der Waals surface area (Å²) in [6, 6.07) is 7.03. The lowest BCUT2D eigenvalue weighted by Gasteiger charge is -2.44. The first-order chi connectivity index (χ1) is 11.6. The molecular formula is C19H26N2O3. The number of hydrogen-bond donors (Lipinski definition) is 1. The Labute approximate surface area is 143 Å². The number of aliphatic hydroxyl groups excluding tert-OH is 1. The maximum Gasteiger partial charge on any atom is 0.254 e. The molecule has 2 fully saturated rings. The van der Waals surface area contributed by atoms with E-state index in [0.717, 1.165) is 50.8 Å². The Hall–Kier alpha value is -1.88. The van der Waals surface area contributed by atoms with Gasteiger partial charge in [-0.1, -0.05) is 19.1 Å². The van der Waals surface area contributed by atoms with E-state index in [2.05, 4.69) is 6.92 Å². The summed E-state index contributed by atoms with van der Waals surface area (Å²) in [5, 5.41) is 9.15. The topological polar surface area (TPSA) is 60.9 Å². The smallest absolute Gasteiger partial charge is 0.254 e. The van der Waals surface area contributed by atoms with Gasteiger partial charge in [0.2, 0.25) is 5.91 Å². The van der Waals surface area contributed by atoms with Crippen LogP contribution < -0.4 is 0 Å². The van der Waals surface area contributed by atoms with Crippen LogP contribution in [0, 0.1) is 0 Å². The molecule has 1 aromatic rings. The molecule has 0 aromatic heterocycles. The van der Waals surface area contributed by atoms with Crippen molar-refractivity contribution in [2.24, 2.45) is 0 Å². The molecular weight excluding hydrogens is 304 g/mol. The van der Waals surface area contributed by atoms with Gasteiger partial charge in [-0.15, -0.1) is 0 Å². The summed E-state index contributed by atoms with van der Waals surface area (Å²) in [6.07, 6.45) is 4.32. The zero-order valence-corrected chi connectivity index (χ0v) is 14.3. The highest BCUT2D eigenvalue weighted by Gasteiger charge is 2.52. The molecule has 2 heterocycles. The Kier molecular flexibility index (Phi) is 4.90. The van der Waals surface area contributed by atoms with Crippen molar-refractivity contribution in [2.75, 3.05) is 19.6 Å². The minimum atomic E-state index is -0.639. The standard InChI is InChI=1S/C19H26N2O3/c1-2-11-20-12-3-9-19(18(20)24)10-4-13-21(19)17(23)16-7-5-15(14-22)6-8-16/h5-8,22H,2-4,9-14H2,1H3. The fourth-order valence-electron chi connectivity index (χ4n) is 4.11. The number of likely N-dealkylation sites (tertiary alicyclic amines) is 2. The van der Waals surface area contributed by atoms with Crippen molar-refractivity contribution >= 4 is 11.8 Å². The minimum Gasteiger partial charge on any atom is -0.392 e. The highest BCUT2D eigenvalue weighted by molar-refractivity contribution is 6.00. The van der Waals surface area contributed by atoms with Crippen LogP contribution in [-0.2, 0) is 11.4 Å². The highest BCUT2D eigenvalue weighted by Crippen LogP contribution is 2.39. The molecule has 1 N–H and O–H groups in total. The van der Waals surface area contributed by atoms with Gasteiger partial charge < -0.3 is 14.9 Å². The van der Waals surface area contributed by atoms with Crippen molar-refractivity contribution in [1.29, 1.82) is 0 Å². The Bertz CT molecular complexity index is 612. The van der Waals surface area contributed by atoms with E-state index in [1.54, 1.807) is 24.3 Å². The molecule has 0 bridgehead atoms. The van der Waals surface area contributed by atoms with E-state index in [9.17, 15) is 9.59 Å². The van der Waals surface area contributed by atoms with Crippen LogP contribution in [0.1, 0.15) is 54.9 Å². The third-order valence-electron chi connectivity index (χ3n) is 5.31. The summed E-state index contributed by atoms with van der Waals surface area (Å²) >= 11 is 0. The van der Waals surface area contributed by atoms with E-state index in [1.165, 1.54) is 0 Å². The second-order valence-corrected chi connectivity index (χ2v) is 6.84. The second-order valence-electron chi connectivity index (χ2n) is 6.84.